The van der Waals surface area contributed by atoms with Gasteiger partial charge in [-0.25, -0.2) is 15.0 Å². The van der Waals surface area contributed by atoms with E-state index >= 15 is 0 Å². The van der Waals surface area contributed by atoms with Crippen molar-refractivity contribution in [2.24, 2.45) is 10.9 Å². The van der Waals surface area contributed by atoms with Crippen LogP contribution in [0.5, 0.6) is 0 Å². The van der Waals surface area contributed by atoms with Crippen LogP contribution in [0.15, 0.2) is 157 Å². The molecule has 6 aromatic carbocycles. The van der Waals surface area contributed by atoms with Gasteiger partial charge in [-0.15, -0.1) is 0 Å². The van der Waals surface area contributed by atoms with Crippen LogP contribution in [0.2, 0.25) is 0 Å². The van der Waals surface area contributed by atoms with Gasteiger partial charge in [0.1, 0.15) is 11.4 Å². The van der Waals surface area contributed by atoms with Crippen LogP contribution >= 0.6 is 0 Å². The van der Waals surface area contributed by atoms with Crippen LogP contribution < -0.4 is 0 Å². The summed E-state index contributed by atoms with van der Waals surface area (Å²) in [6, 6.07) is 47.2. The van der Waals surface area contributed by atoms with E-state index in [9.17, 15) is 0 Å². The molecule has 0 aliphatic carbocycles. The van der Waals surface area contributed by atoms with Crippen LogP contribution in [0.25, 0.3) is 77.5 Å². The summed E-state index contributed by atoms with van der Waals surface area (Å²) in [4.78, 5) is 23.9. The molecule has 0 fully saturated rings. The lowest BCUT2D eigenvalue weighted by Gasteiger charge is -2.18. The molecular formula is C44H31N5. The molecule has 0 radical (unpaired) electrons. The summed E-state index contributed by atoms with van der Waals surface area (Å²) in [5.41, 5.74) is 7.18. The van der Waals surface area contributed by atoms with Gasteiger partial charge in [0.25, 0.3) is 0 Å². The Labute approximate surface area is 284 Å². The lowest BCUT2D eigenvalue weighted by Crippen LogP contribution is -2.13. The molecule has 2 aromatic heterocycles. The first kappa shape index (κ1) is 28.9. The third kappa shape index (κ3) is 5.26. The van der Waals surface area contributed by atoms with Gasteiger partial charge in [0.05, 0.1) is 0 Å². The molecule has 1 atom stereocenters. The van der Waals surface area contributed by atoms with Crippen molar-refractivity contribution in [3.63, 3.8) is 0 Å². The number of pyridine rings is 1. The second-order valence-electron chi connectivity index (χ2n) is 12.6. The van der Waals surface area contributed by atoms with E-state index in [4.69, 9.17) is 19.9 Å². The Kier molecular flexibility index (Phi) is 7.09. The zero-order valence-electron chi connectivity index (χ0n) is 27.0. The maximum absolute atomic E-state index is 4.91. The minimum Gasteiger partial charge on any atom is -0.281 e. The highest BCUT2D eigenvalue weighted by molar-refractivity contribution is 6.21. The van der Waals surface area contributed by atoms with Crippen molar-refractivity contribution < 1.29 is 0 Å². The summed E-state index contributed by atoms with van der Waals surface area (Å²) in [6.45, 7) is 2.86. The quantitative estimate of drug-likeness (QED) is 0.178. The highest BCUT2D eigenvalue weighted by atomic mass is 15.1. The van der Waals surface area contributed by atoms with Crippen LogP contribution in [-0.2, 0) is 0 Å². The molecule has 1 aliphatic heterocycles. The number of allylic oxidation sites excluding steroid dienone is 1. The Bertz CT molecular complexity index is 2530. The molecule has 0 spiro atoms. The van der Waals surface area contributed by atoms with Gasteiger partial charge in [-0.05, 0) is 84.8 Å². The molecule has 8 aromatic rings. The molecular weight excluding hydrogens is 599 g/mol. The normalized spacial score (nSPS) is 14.4. The zero-order valence-corrected chi connectivity index (χ0v) is 27.0. The van der Waals surface area contributed by atoms with Crippen molar-refractivity contribution in [2.45, 2.75) is 6.92 Å². The van der Waals surface area contributed by atoms with E-state index in [1.165, 1.54) is 49.0 Å². The van der Waals surface area contributed by atoms with E-state index in [1.54, 1.807) is 6.20 Å². The van der Waals surface area contributed by atoms with Crippen LogP contribution in [-0.4, -0.2) is 32.2 Å². The van der Waals surface area contributed by atoms with Gasteiger partial charge in [-0.3, -0.25) is 9.98 Å². The second-order valence-corrected chi connectivity index (χ2v) is 12.6. The number of aromatic nitrogens is 4. The van der Waals surface area contributed by atoms with Crippen molar-refractivity contribution in [3.8, 4) is 45.2 Å². The van der Waals surface area contributed by atoms with E-state index in [-0.39, 0.29) is 0 Å². The van der Waals surface area contributed by atoms with Gasteiger partial charge >= 0.3 is 0 Å². The van der Waals surface area contributed by atoms with Crippen molar-refractivity contribution in [2.75, 3.05) is 6.54 Å². The Hall–Kier alpha value is -6.33. The van der Waals surface area contributed by atoms with Crippen molar-refractivity contribution in [1.82, 2.24) is 19.9 Å². The van der Waals surface area contributed by atoms with Gasteiger partial charge in [0.15, 0.2) is 17.5 Å². The average Bonchev–Trinajstić information content (AvgIpc) is 3.17. The van der Waals surface area contributed by atoms with E-state index < -0.39 is 0 Å². The number of dihydropyridines is 1. The monoisotopic (exact) mass is 629 g/mol. The average molecular weight is 630 g/mol. The van der Waals surface area contributed by atoms with Crippen LogP contribution in [0, 0.1) is 5.92 Å². The SMILES string of the molecule is CC1C=CC(c2nc(-c3ccc(-c4c5ccccc5c(-c5ccc6ccccc6c5)c5ccccc45)cc3)nc(-c3ccccn3)n2)=NC1. The molecule has 1 unspecified atom stereocenters. The lowest BCUT2D eigenvalue weighted by atomic mass is 9.85. The Morgan fingerprint density at radius 2 is 1.08 bits per heavy atom. The Morgan fingerprint density at radius 3 is 1.73 bits per heavy atom. The molecule has 9 rings (SSSR count). The molecule has 3 heterocycles. The zero-order chi connectivity index (χ0) is 32.7. The van der Waals surface area contributed by atoms with Crippen LogP contribution in [0.1, 0.15) is 12.7 Å². The van der Waals surface area contributed by atoms with Crippen LogP contribution in [0.3, 0.4) is 0 Å². The number of fused-ring (bicyclic) bond motifs is 3. The second kappa shape index (κ2) is 12.0. The van der Waals surface area contributed by atoms with Gasteiger partial charge in [0, 0.05) is 18.3 Å². The summed E-state index contributed by atoms with van der Waals surface area (Å²) < 4.78 is 0. The van der Waals surface area contributed by atoms with Crippen molar-refractivity contribution >= 4 is 38.0 Å². The Balaban J connectivity index is 1.19. The predicted molar refractivity (Wildman–Crippen MR) is 202 cm³/mol. The molecule has 232 valence electrons. The third-order valence-electron chi connectivity index (χ3n) is 9.29. The first-order chi connectivity index (χ1) is 24.2. The number of rotatable bonds is 5. The summed E-state index contributed by atoms with van der Waals surface area (Å²) >= 11 is 0. The minimum atomic E-state index is 0.390. The summed E-state index contributed by atoms with van der Waals surface area (Å²) in [6.07, 6.45) is 5.92. The number of nitrogens with zero attached hydrogens (tertiary/aromatic N) is 5. The molecule has 5 nitrogen and oxygen atoms in total. The van der Waals surface area contributed by atoms with E-state index in [1.807, 2.05) is 24.3 Å². The van der Waals surface area contributed by atoms with Gasteiger partial charge in [0.2, 0.25) is 0 Å². The topological polar surface area (TPSA) is 63.9 Å². The summed E-state index contributed by atoms with van der Waals surface area (Å²) in [7, 11) is 0. The van der Waals surface area contributed by atoms with E-state index in [0.29, 0.717) is 35.6 Å². The predicted octanol–water partition coefficient (Wildman–Crippen LogP) is 10.4. The number of hydrogen-bond acceptors (Lipinski definition) is 5. The highest BCUT2D eigenvalue weighted by Crippen LogP contribution is 2.44. The van der Waals surface area contributed by atoms with Gasteiger partial charge in [-0.2, -0.15) is 0 Å². The number of hydrogen-bond donors (Lipinski definition) is 0. The lowest BCUT2D eigenvalue weighted by molar-refractivity contribution is 0.733. The minimum absolute atomic E-state index is 0.390. The fourth-order valence-electron chi connectivity index (χ4n) is 6.87. The standard InChI is InChI=1S/C44H31N5/c1-28-17-24-39(46-27-28)44-48-42(47-43(49-44)38-16-8-9-25-45-38)31-21-19-30(20-22-31)40-34-12-4-6-14-36(34)41(37-15-7-5-13-35(37)40)33-23-18-29-10-2-3-11-32(29)26-33/h2-26,28H,27H2,1H3. The smallest absolute Gasteiger partial charge is 0.182 e. The van der Waals surface area contributed by atoms with E-state index in [2.05, 4.69) is 133 Å². The third-order valence-corrected chi connectivity index (χ3v) is 9.29. The maximum atomic E-state index is 4.91. The highest BCUT2D eigenvalue weighted by Gasteiger charge is 2.19. The molecule has 1 aliphatic rings. The molecule has 49 heavy (non-hydrogen) atoms. The van der Waals surface area contributed by atoms with Gasteiger partial charge in [-0.1, -0.05) is 128 Å². The first-order valence-electron chi connectivity index (χ1n) is 16.6. The van der Waals surface area contributed by atoms with Crippen molar-refractivity contribution in [3.05, 3.63) is 158 Å². The maximum Gasteiger partial charge on any atom is 0.182 e. The summed E-state index contributed by atoms with van der Waals surface area (Å²) in [5, 5.41) is 7.37. The molecule has 5 heteroatoms. The molecule has 0 saturated heterocycles. The fourth-order valence-corrected chi connectivity index (χ4v) is 6.87. The Morgan fingerprint density at radius 1 is 0.510 bits per heavy atom. The van der Waals surface area contributed by atoms with Crippen LogP contribution in [0.4, 0.5) is 0 Å². The molecule has 0 amide bonds. The molecule has 0 saturated carbocycles. The molecule has 0 bridgehead atoms. The summed E-state index contributed by atoms with van der Waals surface area (Å²) in [5.74, 6) is 2.06. The largest absolute Gasteiger partial charge is 0.281 e. The number of aliphatic imine (C=N–C) groups is 1. The van der Waals surface area contributed by atoms with Gasteiger partial charge < -0.3 is 0 Å². The van der Waals surface area contributed by atoms with E-state index in [0.717, 1.165) is 16.8 Å². The number of benzene rings is 6. The first-order valence-corrected chi connectivity index (χ1v) is 16.6. The molecule has 0 N–H and O–H groups in total. The van der Waals surface area contributed by atoms with Crippen molar-refractivity contribution in [1.29, 1.82) is 0 Å². The fraction of sp³-hybridized carbons (Fsp3) is 0.0682.